The van der Waals surface area contributed by atoms with E-state index < -0.39 is 21.0 Å². The van der Waals surface area contributed by atoms with Gasteiger partial charge in [-0.2, -0.15) is 0 Å². The molecule has 0 saturated carbocycles. The van der Waals surface area contributed by atoms with Crippen LogP contribution >= 0.6 is 11.6 Å². The van der Waals surface area contributed by atoms with Gasteiger partial charge in [-0.05, 0) is 35.9 Å². The van der Waals surface area contributed by atoms with Gasteiger partial charge >= 0.3 is 11.8 Å². The van der Waals surface area contributed by atoms with E-state index in [9.17, 15) is 23.3 Å². The summed E-state index contributed by atoms with van der Waals surface area (Å²) in [6.07, 6.45) is 3.31. The van der Waals surface area contributed by atoms with Gasteiger partial charge in [-0.15, -0.1) is 0 Å². The number of benzene rings is 2. The zero-order valence-corrected chi connectivity index (χ0v) is 19.4. The van der Waals surface area contributed by atoms with Gasteiger partial charge in [-0.3, -0.25) is 15.1 Å². The molecule has 0 aliphatic heterocycles. The first-order valence-corrected chi connectivity index (χ1v) is 11.8. The van der Waals surface area contributed by atoms with Crippen molar-refractivity contribution >= 4 is 44.3 Å². The van der Waals surface area contributed by atoms with E-state index in [0.717, 1.165) is 3.97 Å². The van der Waals surface area contributed by atoms with Crippen LogP contribution in [0.15, 0.2) is 72.0 Å². The second kappa shape index (κ2) is 9.60. The molecule has 0 spiro atoms. The van der Waals surface area contributed by atoms with E-state index in [2.05, 4.69) is 4.98 Å². The Bertz CT molecular complexity index is 1540. The van der Waals surface area contributed by atoms with Gasteiger partial charge in [0.15, 0.2) is 0 Å². The molecule has 2 aromatic carbocycles. The highest BCUT2D eigenvalue weighted by molar-refractivity contribution is 7.90. The highest BCUT2D eigenvalue weighted by Crippen LogP contribution is 2.36. The van der Waals surface area contributed by atoms with Crippen molar-refractivity contribution in [3.8, 4) is 11.5 Å². The van der Waals surface area contributed by atoms with E-state index in [4.69, 9.17) is 26.8 Å². The Labute approximate surface area is 203 Å². The molecule has 2 heterocycles. The number of carbonyl (C=O) groups is 1. The van der Waals surface area contributed by atoms with Crippen molar-refractivity contribution in [1.29, 1.82) is 0 Å². The summed E-state index contributed by atoms with van der Waals surface area (Å²) >= 11 is 5.97. The van der Waals surface area contributed by atoms with E-state index >= 15 is 0 Å². The van der Waals surface area contributed by atoms with Crippen LogP contribution in [0.4, 0.5) is 10.5 Å². The topological polar surface area (TPSA) is 157 Å². The van der Waals surface area contributed by atoms with Crippen molar-refractivity contribution in [3.05, 3.63) is 87.8 Å². The van der Waals surface area contributed by atoms with Crippen LogP contribution in [0.25, 0.3) is 10.9 Å². The predicted octanol–water partition coefficient (Wildman–Crippen LogP) is 4.27. The number of hydrogen-bond donors (Lipinski definition) is 1. The molecule has 0 radical (unpaired) electrons. The lowest BCUT2D eigenvalue weighted by Gasteiger charge is -2.10. The molecule has 180 valence electrons. The van der Waals surface area contributed by atoms with Gasteiger partial charge in [0, 0.05) is 53.6 Å². The zero-order chi connectivity index (χ0) is 25.2. The summed E-state index contributed by atoms with van der Waals surface area (Å²) < 4.78 is 38.3. The standard InChI is InChI=1S/C22H17ClN4O7S/c23-15-3-6-19(27(29)30)21(10-15)34-16-4-5-18-14(7-9-33-22(24)28)13-26(20(18)11-16)35(31,32)17-2-1-8-25-12-17/h1-6,8,10-13H,7,9H2,(H2,24,28). The number of fused-ring (bicyclic) bond motifs is 1. The van der Waals surface area contributed by atoms with Gasteiger partial charge in [-0.25, -0.2) is 17.2 Å². The van der Waals surface area contributed by atoms with Crippen LogP contribution in [0.5, 0.6) is 11.5 Å². The maximum Gasteiger partial charge on any atom is 0.404 e. The Balaban J connectivity index is 1.83. The number of rotatable bonds is 8. The van der Waals surface area contributed by atoms with E-state index in [1.807, 2.05) is 0 Å². The van der Waals surface area contributed by atoms with Crippen LogP contribution in [-0.2, 0) is 21.2 Å². The van der Waals surface area contributed by atoms with Crippen LogP contribution in [0.2, 0.25) is 5.02 Å². The minimum absolute atomic E-state index is 0.0476. The van der Waals surface area contributed by atoms with Crippen molar-refractivity contribution in [3.63, 3.8) is 0 Å². The molecule has 0 aliphatic rings. The number of halogens is 1. The number of primary amides is 1. The summed E-state index contributed by atoms with van der Waals surface area (Å²) in [6.45, 7) is -0.0612. The molecule has 0 bridgehead atoms. The molecular weight excluding hydrogens is 500 g/mol. The number of nitrogens with two attached hydrogens (primary N) is 1. The summed E-state index contributed by atoms with van der Waals surface area (Å²) in [4.78, 5) is 25.5. The van der Waals surface area contributed by atoms with Crippen LogP contribution in [0, 0.1) is 10.1 Å². The van der Waals surface area contributed by atoms with Crippen LogP contribution in [0.3, 0.4) is 0 Å². The molecule has 35 heavy (non-hydrogen) atoms. The van der Waals surface area contributed by atoms with Crippen molar-refractivity contribution < 1.29 is 27.6 Å². The first kappa shape index (κ1) is 24.0. The van der Waals surface area contributed by atoms with Gasteiger partial charge in [0.2, 0.25) is 5.75 Å². The minimum Gasteiger partial charge on any atom is -0.450 e. The molecule has 0 unspecified atom stereocenters. The fourth-order valence-electron chi connectivity index (χ4n) is 3.43. The molecule has 2 N–H and O–H groups in total. The largest absolute Gasteiger partial charge is 0.450 e. The Kier molecular flexibility index (Phi) is 6.58. The number of aromatic nitrogens is 2. The lowest BCUT2D eigenvalue weighted by atomic mass is 10.1. The normalized spacial score (nSPS) is 11.3. The Morgan fingerprint density at radius 1 is 1.20 bits per heavy atom. The van der Waals surface area contributed by atoms with Crippen molar-refractivity contribution in [2.75, 3.05) is 6.61 Å². The van der Waals surface area contributed by atoms with E-state index in [1.165, 1.54) is 61.1 Å². The van der Waals surface area contributed by atoms with Crippen LogP contribution in [0.1, 0.15) is 5.56 Å². The second-order valence-corrected chi connectivity index (χ2v) is 9.46. The number of ether oxygens (including phenoxy) is 2. The van der Waals surface area contributed by atoms with Crippen LogP contribution < -0.4 is 10.5 Å². The molecule has 1 amide bonds. The highest BCUT2D eigenvalue weighted by atomic mass is 35.5. The minimum atomic E-state index is -4.07. The van der Waals surface area contributed by atoms with Gasteiger partial charge in [0.05, 0.1) is 17.0 Å². The Morgan fingerprint density at radius 2 is 2.00 bits per heavy atom. The predicted molar refractivity (Wildman–Crippen MR) is 126 cm³/mol. The number of pyridine rings is 1. The number of amides is 1. The number of nitrogens with zero attached hydrogens (tertiary/aromatic N) is 3. The van der Waals surface area contributed by atoms with Crippen molar-refractivity contribution in [1.82, 2.24) is 8.96 Å². The molecule has 4 aromatic rings. The molecule has 2 aromatic heterocycles. The second-order valence-electron chi connectivity index (χ2n) is 7.21. The number of nitro benzene ring substituents is 1. The lowest BCUT2D eigenvalue weighted by Crippen LogP contribution is -2.14. The maximum absolute atomic E-state index is 13.4. The van der Waals surface area contributed by atoms with Gasteiger partial charge in [0.25, 0.3) is 10.0 Å². The van der Waals surface area contributed by atoms with Gasteiger partial charge < -0.3 is 15.2 Å². The third-order valence-corrected chi connectivity index (χ3v) is 6.87. The summed E-state index contributed by atoms with van der Waals surface area (Å²) in [5.41, 5.74) is 5.51. The average Bonchev–Trinajstić information content (AvgIpc) is 3.18. The fraction of sp³-hybridized carbons (Fsp3) is 0.0909. The Morgan fingerprint density at radius 3 is 2.69 bits per heavy atom. The smallest absolute Gasteiger partial charge is 0.404 e. The molecule has 0 saturated heterocycles. The third kappa shape index (κ3) is 5.03. The first-order chi connectivity index (χ1) is 16.7. The first-order valence-electron chi connectivity index (χ1n) is 10.0. The van der Waals surface area contributed by atoms with Crippen molar-refractivity contribution in [2.45, 2.75) is 11.3 Å². The van der Waals surface area contributed by atoms with Gasteiger partial charge in [0.1, 0.15) is 10.6 Å². The quantitative estimate of drug-likeness (QED) is 0.269. The summed E-state index contributed by atoms with van der Waals surface area (Å²) in [5, 5.41) is 12.1. The highest BCUT2D eigenvalue weighted by Gasteiger charge is 2.23. The molecule has 0 atom stereocenters. The average molecular weight is 517 g/mol. The maximum atomic E-state index is 13.4. The molecule has 13 heteroatoms. The lowest BCUT2D eigenvalue weighted by molar-refractivity contribution is -0.385. The van der Waals surface area contributed by atoms with E-state index in [0.29, 0.717) is 10.9 Å². The Hall–Kier alpha value is -4.16. The number of hydrogen-bond acceptors (Lipinski definition) is 8. The monoisotopic (exact) mass is 516 g/mol. The van der Waals surface area contributed by atoms with E-state index in [-0.39, 0.29) is 45.6 Å². The molecule has 0 fully saturated rings. The zero-order valence-electron chi connectivity index (χ0n) is 17.8. The molecule has 11 nitrogen and oxygen atoms in total. The molecule has 4 rings (SSSR count). The van der Waals surface area contributed by atoms with Crippen LogP contribution in [-0.4, -0.2) is 35.0 Å². The van der Waals surface area contributed by atoms with Gasteiger partial charge in [-0.1, -0.05) is 11.6 Å². The SMILES string of the molecule is NC(=O)OCCc1cn(S(=O)(=O)c2cccnc2)c2cc(Oc3cc(Cl)ccc3[N+](=O)[O-])ccc12. The van der Waals surface area contributed by atoms with E-state index in [1.54, 1.807) is 6.07 Å². The number of nitro groups is 1. The summed E-state index contributed by atoms with van der Waals surface area (Å²) in [5.74, 6) is 0.0358. The third-order valence-electron chi connectivity index (χ3n) is 4.98. The van der Waals surface area contributed by atoms with Crippen molar-refractivity contribution in [2.24, 2.45) is 5.73 Å². The summed E-state index contributed by atoms with van der Waals surface area (Å²) in [6, 6.07) is 11.3. The number of carbonyl (C=O) groups excluding carboxylic acids is 1. The summed E-state index contributed by atoms with van der Waals surface area (Å²) in [7, 11) is -4.07. The fourth-order valence-corrected chi connectivity index (χ4v) is 4.94. The molecular formula is C22H17ClN4O7S. The molecule has 0 aliphatic carbocycles.